The molecule has 114 valence electrons. The van der Waals surface area contributed by atoms with Crippen LogP contribution in [-0.2, 0) is 0 Å². The van der Waals surface area contributed by atoms with Crippen LogP contribution in [0.1, 0.15) is 19.4 Å². The molecule has 1 aromatic heterocycles. The van der Waals surface area contributed by atoms with E-state index in [1.54, 1.807) is 0 Å². The number of hydrogen-bond acceptors (Lipinski definition) is 5. The number of aromatic amines is 1. The first-order chi connectivity index (χ1) is 10.2. The summed E-state index contributed by atoms with van der Waals surface area (Å²) in [7, 11) is 3.76. The Labute approximate surface area is 127 Å². The molecular formula is C15H16N4O3. The van der Waals surface area contributed by atoms with Crippen molar-refractivity contribution in [2.24, 2.45) is 0 Å². The van der Waals surface area contributed by atoms with Crippen LogP contribution in [0.4, 0.5) is 5.69 Å². The van der Waals surface area contributed by atoms with Crippen LogP contribution < -0.4 is 5.56 Å². The van der Waals surface area contributed by atoms with Crippen molar-refractivity contribution in [2.75, 3.05) is 14.1 Å². The van der Waals surface area contributed by atoms with Gasteiger partial charge in [0.25, 0.3) is 11.2 Å². The normalized spacial score (nSPS) is 11.3. The Kier molecular flexibility index (Phi) is 3.97. The third kappa shape index (κ3) is 2.97. The van der Waals surface area contributed by atoms with E-state index in [2.05, 4.69) is 21.8 Å². The molecule has 1 heterocycles. The van der Waals surface area contributed by atoms with E-state index in [0.29, 0.717) is 5.52 Å². The second-order valence-corrected chi connectivity index (χ2v) is 5.58. The molecule has 0 atom stereocenters. The van der Waals surface area contributed by atoms with Crippen molar-refractivity contribution >= 4 is 16.6 Å². The molecule has 0 aliphatic heterocycles. The van der Waals surface area contributed by atoms with Gasteiger partial charge in [-0.2, -0.15) is 0 Å². The fourth-order valence-corrected chi connectivity index (χ4v) is 1.69. The summed E-state index contributed by atoms with van der Waals surface area (Å²) in [4.78, 5) is 30.7. The van der Waals surface area contributed by atoms with Crippen LogP contribution >= 0.6 is 0 Å². The molecule has 0 spiro atoms. The van der Waals surface area contributed by atoms with Crippen LogP contribution in [0.2, 0.25) is 0 Å². The van der Waals surface area contributed by atoms with Gasteiger partial charge in [0.05, 0.1) is 27.7 Å². The minimum Gasteiger partial charge on any atom is -0.313 e. The van der Waals surface area contributed by atoms with Gasteiger partial charge in [0.15, 0.2) is 0 Å². The third-order valence-electron chi connectivity index (χ3n) is 3.58. The SMILES string of the molecule is CN(C)C(C)(C)C#Cc1cc2nc[nH]c(=O)c2cc1[N+](=O)[O-]. The van der Waals surface area contributed by atoms with Crippen molar-refractivity contribution in [1.82, 2.24) is 14.9 Å². The molecule has 1 N–H and O–H groups in total. The lowest BCUT2D eigenvalue weighted by Crippen LogP contribution is -2.36. The molecule has 0 aliphatic carbocycles. The standard InChI is InChI=1S/C15H16N4O3/c1-15(2,18(3)4)6-5-10-7-12-11(8-13(10)19(21)22)14(20)17-9-16-12/h7-9H,1-4H3,(H,16,17,20). The third-order valence-corrected chi connectivity index (χ3v) is 3.58. The number of fused-ring (bicyclic) bond motifs is 1. The van der Waals surface area contributed by atoms with Gasteiger partial charge >= 0.3 is 0 Å². The van der Waals surface area contributed by atoms with Gasteiger partial charge < -0.3 is 4.98 Å². The average Bonchev–Trinajstić information content (AvgIpc) is 2.44. The maximum atomic E-state index is 11.7. The van der Waals surface area contributed by atoms with E-state index in [0.717, 1.165) is 0 Å². The topological polar surface area (TPSA) is 92.1 Å². The quantitative estimate of drug-likeness (QED) is 0.516. The highest BCUT2D eigenvalue weighted by Crippen LogP contribution is 2.22. The van der Waals surface area contributed by atoms with Crippen LogP contribution in [0, 0.1) is 22.0 Å². The summed E-state index contributed by atoms with van der Waals surface area (Å²) in [6.07, 6.45) is 1.26. The van der Waals surface area contributed by atoms with E-state index >= 15 is 0 Å². The number of hydrogen-bond donors (Lipinski definition) is 1. The number of rotatable bonds is 2. The van der Waals surface area contributed by atoms with Crippen molar-refractivity contribution < 1.29 is 4.92 Å². The van der Waals surface area contributed by atoms with E-state index in [9.17, 15) is 14.9 Å². The van der Waals surface area contributed by atoms with Crippen LogP contribution in [0.5, 0.6) is 0 Å². The summed E-state index contributed by atoms with van der Waals surface area (Å²) in [6, 6.07) is 2.69. The number of nitro groups is 1. The van der Waals surface area contributed by atoms with Crippen molar-refractivity contribution in [3.8, 4) is 11.8 Å². The van der Waals surface area contributed by atoms with Crippen molar-refractivity contribution in [3.63, 3.8) is 0 Å². The smallest absolute Gasteiger partial charge is 0.285 e. The lowest BCUT2D eigenvalue weighted by atomic mass is 10.0. The van der Waals surface area contributed by atoms with Gasteiger partial charge in [-0.15, -0.1) is 0 Å². The van der Waals surface area contributed by atoms with Crippen LogP contribution in [0.25, 0.3) is 10.9 Å². The van der Waals surface area contributed by atoms with Crippen molar-refractivity contribution in [1.29, 1.82) is 0 Å². The zero-order valence-electron chi connectivity index (χ0n) is 12.8. The van der Waals surface area contributed by atoms with Gasteiger partial charge in [0.1, 0.15) is 5.56 Å². The molecule has 0 saturated carbocycles. The molecule has 0 unspecified atom stereocenters. The molecular weight excluding hydrogens is 284 g/mol. The van der Waals surface area contributed by atoms with Crippen LogP contribution in [0.3, 0.4) is 0 Å². The zero-order valence-corrected chi connectivity index (χ0v) is 12.8. The summed E-state index contributed by atoms with van der Waals surface area (Å²) in [5, 5.41) is 11.4. The molecule has 0 bridgehead atoms. The Bertz CT molecular complexity index is 856. The fraction of sp³-hybridized carbons (Fsp3) is 0.333. The first-order valence-corrected chi connectivity index (χ1v) is 6.59. The van der Waals surface area contributed by atoms with Gasteiger partial charge in [-0.3, -0.25) is 19.8 Å². The molecule has 7 nitrogen and oxygen atoms in total. The molecule has 0 amide bonds. The summed E-state index contributed by atoms with van der Waals surface area (Å²) >= 11 is 0. The monoisotopic (exact) mass is 300 g/mol. The molecule has 2 aromatic rings. The molecule has 0 aliphatic rings. The second-order valence-electron chi connectivity index (χ2n) is 5.58. The number of aromatic nitrogens is 2. The summed E-state index contributed by atoms with van der Waals surface area (Å²) in [5.74, 6) is 5.85. The Morgan fingerprint density at radius 1 is 1.36 bits per heavy atom. The number of nitrogens with zero attached hydrogens (tertiary/aromatic N) is 3. The average molecular weight is 300 g/mol. The number of benzene rings is 1. The molecule has 2 rings (SSSR count). The maximum absolute atomic E-state index is 11.7. The highest BCUT2D eigenvalue weighted by Gasteiger charge is 2.19. The molecule has 0 radical (unpaired) electrons. The minimum atomic E-state index is -0.543. The first-order valence-electron chi connectivity index (χ1n) is 6.59. The van der Waals surface area contributed by atoms with E-state index in [1.165, 1.54) is 18.5 Å². The lowest BCUT2D eigenvalue weighted by Gasteiger charge is -2.26. The van der Waals surface area contributed by atoms with Gasteiger partial charge in [0, 0.05) is 6.07 Å². The van der Waals surface area contributed by atoms with Crippen molar-refractivity contribution in [2.45, 2.75) is 19.4 Å². The first kappa shape index (κ1) is 15.7. The highest BCUT2D eigenvalue weighted by atomic mass is 16.6. The Morgan fingerprint density at radius 3 is 2.64 bits per heavy atom. The summed E-state index contributed by atoms with van der Waals surface area (Å²) in [5.41, 5.74) is -0.439. The minimum absolute atomic E-state index is 0.173. The zero-order chi connectivity index (χ0) is 16.5. The summed E-state index contributed by atoms with van der Waals surface area (Å²) in [6.45, 7) is 3.83. The van der Waals surface area contributed by atoms with E-state index in [-0.39, 0.29) is 16.6 Å². The second kappa shape index (κ2) is 5.58. The van der Waals surface area contributed by atoms with Crippen LogP contribution in [-0.4, -0.2) is 39.4 Å². The Morgan fingerprint density at radius 2 is 2.05 bits per heavy atom. The molecule has 22 heavy (non-hydrogen) atoms. The van der Waals surface area contributed by atoms with Gasteiger partial charge in [-0.1, -0.05) is 11.8 Å². The van der Waals surface area contributed by atoms with Gasteiger partial charge in [-0.25, -0.2) is 4.98 Å². The van der Waals surface area contributed by atoms with E-state index in [4.69, 9.17) is 0 Å². The highest BCUT2D eigenvalue weighted by molar-refractivity contribution is 5.82. The van der Waals surface area contributed by atoms with E-state index in [1.807, 2.05) is 32.8 Å². The number of H-pyrrole nitrogens is 1. The van der Waals surface area contributed by atoms with Gasteiger partial charge in [-0.05, 0) is 34.0 Å². The molecule has 7 heteroatoms. The summed E-state index contributed by atoms with van der Waals surface area (Å²) < 4.78 is 0. The predicted molar refractivity (Wildman–Crippen MR) is 83.7 cm³/mol. The number of nitrogens with one attached hydrogen (secondary N) is 1. The maximum Gasteiger partial charge on any atom is 0.285 e. The number of nitro benzene ring substituents is 1. The van der Waals surface area contributed by atoms with Crippen molar-refractivity contribution in [3.05, 3.63) is 44.5 Å². The lowest BCUT2D eigenvalue weighted by molar-refractivity contribution is -0.385. The van der Waals surface area contributed by atoms with Gasteiger partial charge in [0.2, 0.25) is 0 Å². The fourth-order valence-electron chi connectivity index (χ4n) is 1.69. The largest absolute Gasteiger partial charge is 0.313 e. The van der Waals surface area contributed by atoms with E-state index < -0.39 is 16.0 Å². The molecule has 0 saturated heterocycles. The van der Waals surface area contributed by atoms with Crippen LogP contribution in [0.15, 0.2) is 23.3 Å². The Hall–Kier alpha value is -2.72. The molecule has 0 fully saturated rings. The predicted octanol–water partition coefficient (Wildman–Crippen LogP) is 1.52. The molecule has 1 aromatic carbocycles. The Balaban J connectivity index is 2.68.